The number of hydrogen-bond acceptors (Lipinski definition) is 5. The third kappa shape index (κ3) is 3.79. The van der Waals surface area contributed by atoms with Gasteiger partial charge in [0.05, 0.1) is 5.75 Å². The van der Waals surface area contributed by atoms with Crippen LogP contribution in [0.4, 0.5) is 10.1 Å². The van der Waals surface area contributed by atoms with E-state index in [0.717, 1.165) is 5.56 Å². The van der Waals surface area contributed by atoms with Gasteiger partial charge >= 0.3 is 0 Å². The zero-order valence-corrected chi connectivity index (χ0v) is 15.2. The van der Waals surface area contributed by atoms with Gasteiger partial charge in [0.25, 0.3) is 5.91 Å². The molecule has 1 fully saturated rings. The second-order valence-corrected chi connectivity index (χ2v) is 7.39. The minimum atomic E-state index is -2.70. The van der Waals surface area contributed by atoms with E-state index in [1.54, 1.807) is 34.7 Å². The number of amides is 2. The lowest BCUT2D eigenvalue weighted by molar-refractivity contribution is -0.115. The summed E-state index contributed by atoms with van der Waals surface area (Å²) in [5.74, 6) is -0.897. The van der Waals surface area contributed by atoms with Crippen molar-refractivity contribution in [2.75, 3.05) is 10.7 Å². The van der Waals surface area contributed by atoms with Crippen LogP contribution in [0.25, 0.3) is 0 Å². The Balaban J connectivity index is 1.93. The Hall–Kier alpha value is -2.23. The third-order valence-corrected chi connectivity index (χ3v) is 5.48. The Morgan fingerprint density at radius 1 is 1.31 bits per heavy atom. The van der Waals surface area contributed by atoms with Gasteiger partial charge in [0.1, 0.15) is 11.2 Å². The molecule has 2 aromatic carbocycles. The number of nitrogens with zero attached hydrogens (tertiary/aromatic N) is 1. The van der Waals surface area contributed by atoms with Gasteiger partial charge < -0.3 is 4.55 Å². The van der Waals surface area contributed by atoms with Crippen LogP contribution in [0, 0.1) is 12.7 Å². The molecule has 1 saturated heterocycles. The van der Waals surface area contributed by atoms with Gasteiger partial charge in [0, 0.05) is 22.5 Å². The summed E-state index contributed by atoms with van der Waals surface area (Å²) in [5, 5.41) is -0.296. The first-order valence-corrected chi connectivity index (χ1v) is 9.69. The van der Waals surface area contributed by atoms with Crippen molar-refractivity contribution >= 4 is 40.5 Å². The molecule has 0 aliphatic carbocycles. The molecule has 1 aliphatic rings. The molecule has 136 valence electrons. The molecule has 3 rings (SSSR count). The number of thioether (sulfide) groups is 1. The van der Waals surface area contributed by atoms with Crippen LogP contribution in [0.2, 0.25) is 0 Å². The van der Waals surface area contributed by atoms with Crippen molar-refractivity contribution in [1.29, 1.82) is 0 Å². The molecule has 1 N–H and O–H groups in total. The highest BCUT2D eigenvalue weighted by molar-refractivity contribution is 8.00. The minimum absolute atomic E-state index is 0.0923. The molecule has 1 heterocycles. The molecule has 9 heteroatoms. The number of hydrogen-bond donors (Lipinski definition) is 1. The van der Waals surface area contributed by atoms with Crippen molar-refractivity contribution in [2.45, 2.75) is 12.3 Å². The standard InChI is InChI=1S/C17H15FN2O4S2/c1-10-8-12(16(22)19-26(23)24)4-7-14(10)20-15(21)9-25-17(20)11-2-5-13(18)6-3-11/h2-8,17H,9H2,1H3,(H,19,22)(H,23,24)/p-1. The Kier molecular flexibility index (Phi) is 5.40. The molecule has 2 unspecified atom stereocenters. The van der Waals surface area contributed by atoms with Crippen LogP contribution in [-0.4, -0.2) is 26.3 Å². The summed E-state index contributed by atoms with van der Waals surface area (Å²) >= 11 is -1.26. The molecule has 0 bridgehead atoms. The van der Waals surface area contributed by atoms with E-state index >= 15 is 0 Å². The first-order chi connectivity index (χ1) is 12.4. The number of aryl methyl sites for hydroxylation is 1. The van der Waals surface area contributed by atoms with Gasteiger partial charge in [0.2, 0.25) is 5.91 Å². The zero-order valence-electron chi connectivity index (χ0n) is 13.6. The monoisotopic (exact) mass is 393 g/mol. The van der Waals surface area contributed by atoms with Crippen LogP contribution in [0.5, 0.6) is 0 Å². The quantitative estimate of drug-likeness (QED) is 0.806. The number of rotatable bonds is 4. The number of carbonyl (C=O) groups is 2. The Morgan fingerprint density at radius 2 is 2.00 bits per heavy atom. The minimum Gasteiger partial charge on any atom is -0.755 e. The Bertz CT molecular complexity index is 889. The number of anilines is 1. The van der Waals surface area contributed by atoms with E-state index in [-0.39, 0.29) is 22.7 Å². The van der Waals surface area contributed by atoms with Crippen molar-refractivity contribution in [3.8, 4) is 0 Å². The molecule has 6 nitrogen and oxygen atoms in total. The van der Waals surface area contributed by atoms with Crippen LogP contribution in [0.15, 0.2) is 42.5 Å². The summed E-state index contributed by atoms with van der Waals surface area (Å²) in [6.45, 7) is 1.73. The molecule has 2 amide bonds. The maximum absolute atomic E-state index is 13.2. The lowest BCUT2D eigenvalue weighted by Gasteiger charge is -2.26. The van der Waals surface area contributed by atoms with Gasteiger partial charge in [0.15, 0.2) is 0 Å². The van der Waals surface area contributed by atoms with E-state index in [4.69, 9.17) is 0 Å². The second-order valence-electron chi connectivity index (χ2n) is 5.65. The van der Waals surface area contributed by atoms with E-state index in [1.165, 1.54) is 36.0 Å². The van der Waals surface area contributed by atoms with Crippen LogP contribution in [-0.2, 0) is 16.1 Å². The summed E-state index contributed by atoms with van der Waals surface area (Å²) < 4.78 is 36.2. The molecule has 0 radical (unpaired) electrons. The molecule has 2 aromatic rings. The van der Waals surface area contributed by atoms with Gasteiger partial charge in [-0.1, -0.05) is 12.1 Å². The predicted octanol–water partition coefficient (Wildman–Crippen LogP) is 2.44. The number of halogens is 1. The molecule has 1 aliphatic heterocycles. The van der Waals surface area contributed by atoms with Gasteiger partial charge in [-0.2, -0.15) is 0 Å². The van der Waals surface area contributed by atoms with Crippen molar-refractivity contribution in [3.05, 3.63) is 65.0 Å². The van der Waals surface area contributed by atoms with Gasteiger partial charge in [-0.05, 0) is 48.4 Å². The molecule has 26 heavy (non-hydrogen) atoms. The molecular formula is C17H14FN2O4S2-. The first kappa shape index (κ1) is 18.6. The lowest BCUT2D eigenvalue weighted by atomic mass is 10.1. The summed E-state index contributed by atoms with van der Waals surface area (Å²) in [6.07, 6.45) is 0. The SMILES string of the molecule is Cc1cc(C(=O)NS(=O)[O-])ccc1N1C(=O)CSC1c1ccc(F)cc1. The summed E-state index contributed by atoms with van der Waals surface area (Å²) in [7, 11) is 0. The highest BCUT2D eigenvalue weighted by atomic mass is 32.2. The lowest BCUT2D eigenvalue weighted by Crippen LogP contribution is -2.29. The highest BCUT2D eigenvalue weighted by Gasteiger charge is 2.34. The maximum atomic E-state index is 13.2. The fourth-order valence-electron chi connectivity index (χ4n) is 2.76. The topological polar surface area (TPSA) is 89.5 Å². The van der Waals surface area contributed by atoms with E-state index < -0.39 is 17.2 Å². The number of carbonyl (C=O) groups excluding carboxylic acids is 2. The van der Waals surface area contributed by atoms with Crippen molar-refractivity contribution in [2.24, 2.45) is 0 Å². The van der Waals surface area contributed by atoms with Gasteiger partial charge in [-0.3, -0.25) is 23.4 Å². The smallest absolute Gasteiger partial charge is 0.262 e. The van der Waals surface area contributed by atoms with E-state index in [2.05, 4.69) is 0 Å². The van der Waals surface area contributed by atoms with Gasteiger partial charge in [-0.15, -0.1) is 11.8 Å². The molecule has 0 saturated carbocycles. The summed E-state index contributed by atoms with van der Waals surface area (Å²) in [5.41, 5.74) is 2.24. The Morgan fingerprint density at radius 3 is 2.62 bits per heavy atom. The first-order valence-electron chi connectivity index (χ1n) is 7.57. The summed E-state index contributed by atoms with van der Waals surface area (Å²) in [4.78, 5) is 25.8. The van der Waals surface area contributed by atoms with E-state index in [1.807, 2.05) is 0 Å². The maximum Gasteiger partial charge on any atom is 0.262 e. The fraction of sp³-hybridized carbons (Fsp3) is 0.176. The predicted molar refractivity (Wildman–Crippen MR) is 96.7 cm³/mol. The summed E-state index contributed by atoms with van der Waals surface area (Å²) in [6, 6.07) is 10.6. The van der Waals surface area contributed by atoms with Crippen LogP contribution in [0.3, 0.4) is 0 Å². The largest absolute Gasteiger partial charge is 0.755 e. The van der Waals surface area contributed by atoms with Crippen LogP contribution < -0.4 is 9.62 Å². The van der Waals surface area contributed by atoms with E-state index in [9.17, 15) is 22.7 Å². The van der Waals surface area contributed by atoms with Crippen LogP contribution >= 0.6 is 11.8 Å². The fourth-order valence-corrected chi connectivity index (χ4v) is 4.20. The normalized spacial score (nSPS) is 18.0. The van der Waals surface area contributed by atoms with E-state index in [0.29, 0.717) is 17.0 Å². The van der Waals surface area contributed by atoms with Crippen molar-refractivity contribution in [1.82, 2.24) is 4.72 Å². The average Bonchev–Trinajstić information content (AvgIpc) is 2.96. The molecule has 2 atom stereocenters. The molecule has 0 spiro atoms. The zero-order chi connectivity index (χ0) is 18.8. The molecule has 0 aromatic heterocycles. The number of nitrogens with one attached hydrogen (secondary N) is 1. The molecular weight excluding hydrogens is 379 g/mol. The Labute approximate surface area is 156 Å². The third-order valence-electron chi connectivity index (χ3n) is 3.92. The van der Waals surface area contributed by atoms with Crippen molar-refractivity contribution in [3.63, 3.8) is 0 Å². The highest BCUT2D eigenvalue weighted by Crippen LogP contribution is 2.42. The number of benzene rings is 2. The van der Waals surface area contributed by atoms with Crippen LogP contribution in [0.1, 0.15) is 26.9 Å². The second kappa shape index (κ2) is 7.56. The average molecular weight is 393 g/mol. The van der Waals surface area contributed by atoms with Crippen molar-refractivity contribution < 1.29 is 22.7 Å². The van der Waals surface area contributed by atoms with Gasteiger partial charge in [-0.25, -0.2) is 4.39 Å².